The van der Waals surface area contributed by atoms with Crippen LogP contribution in [0.3, 0.4) is 0 Å². The zero-order valence-corrected chi connectivity index (χ0v) is 10.7. The number of aryl methyl sites for hydroxylation is 1. The molecule has 0 saturated carbocycles. The Bertz CT molecular complexity index is 563. The fourth-order valence-electron chi connectivity index (χ4n) is 1.79. The van der Waals surface area contributed by atoms with Crippen molar-refractivity contribution >= 4 is 5.97 Å². The van der Waals surface area contributed by atoms with Gasteiger partial charge in [-0.15, -0.1) is 0 Å². The lowest BCUT2D eigenvalue weighted by Crippen LogP contribution is -2.05. The van der Waals surface area contributed by atoms with Crippen LogP contribution in [0, 0.1) is 0 Å². The second-order valence-electron chi connectivity index (χ2n) is 4.16. The highest BCUT2D eigenvalue weighted by molar-refractivity contribution is 5.70. The quantitative estimate of drug-likeness (QED) is 0.864. The number of rotatable bonds is 6. The van der Waals surface area contributed by atoms with Crippen molar-refractivity contribution < 1.29 is 14.6 Å². The van der Waals surface area contributed by atoms with E-state index in [4.69, 9.17) is 9.84 Å². The summed E-state index contributed by atoms with van der Waals surface area (Å²) in [6.45, 7) is 3.14. The monoisotopic (exact) mass is 260 g/mol. The summed E-state index contributed by atoms with van der Waals surface area (Å²) in [5.74, 6) is -0.154. The summed E-state index contributed by atoms with van der Waals surface area (Å²) in [5, 5.41) is 13.0. The molecule has 5 nitrogen and oxygen atoms in total. The second kappa shape index (κ2) is 6.04. The average Bonchev–Trinajstić information content (AvgIpc) is 2.85. The molecular formula is C14H16N2O3. The van der Waals surface area contributed by atoms with E-state index in [9.17, 15) is 4.79 Å². The first-order valence-electron chi connectivity index (χ1n) is 6.13. The molecule has 0 spiro atoms. The summed E-state index contributed by atoms with van der Waals surface area (Å²) in [7, 11) is 0. The highest BCUT2D eigenvalue weighted by Crippen LogP contribution is 2.15. The molecule has 1 aromatic heterocycles. The Balaban J connectivity index is 2.04. The number of carboxylic acids is 1. The van der Waals surface area contributed by atoms with Crippen LogP contribution in [-0.4, -0.2) is 20.9 Å². The van der Waals surface area contributed by atoms with Gasteiger partial charge in [0.25, 0.3) is 0 Å². The van der Waals surface area contributed by atoms with Crippen molar-refractivity contribution in [3.8, 4) is 5.75 Å². The van der Waals surface area contributed by atoms with Crippen LogP contribution in [0.2, 0.25) is 0 Å². The average molecular weight is 260 g/mol. The summed E-state index contributed by atoms with van der Waals surface area (Å²) in [6.07, 6.45) is 3.48. The number of nitrogens with zero attached hydrogens (tertiary/aromatic N) is 2. The smallest absolute Gasteiger partial charge is 0.307 e. The van der Waals surface area contributed by atoms with Crippen LogP contribution in [-0.2, 0) is 24.4 Å². The Kier molecular flexibility index (Phi) is 4.18. The first-order valence-corrected chi connectivity index (χ1v) is 6.13. The first kappa shape index (κ1) is 13.1. The number of carbonyl (C=O) groups is 1. The van der Waals surface area contributed by atoms with Crippen LogP contribution < -0.4 is 4.74 Å². The van der Waals surface area contributed by atoms with Crippen LogP contribution in [0.1, 0.15) is 18.1 Å². The number of hydrogen-bond acceptors (Lipinski definition) is 3. The molecule has 0 fully saturated rings. The van der Waals surface area contributed by atoms with Crippen molar-refractivity contribution in [3.63, 3.8) is 0 Å². The zero-order chi connectivity index (χ0) is 13.7. The molecule has 0 aliphatic rings. The Morgan fingerprint density at radius 2 is 2.11 bits per heavy atom. The molecule has 2 aromatic rings. The van der Waals surface area contributed by atoms with Crippen LogP contribution in [0.5, 0.6) is 5.75 Å². The zero-order valence-electron chi connectivity index (χ0n) is 10.7. The molecule has 0 unspecified atom stereocenters. The maximum atomic E-state index is 10.8. The molecular weight excluding hydrogens is 244 g/mol. The molecule has 1 N–H and O–H groups in total. The van der Waals surface area contributed by atoms with Gasteiger partial charge in [0.05, 0.1) is 18.8 Å². The van der Waals surface area contributed by atoms with Gasteiger partial charge in [-0.05, 0) is 18.1 Å². The lowest BCUT2D eigenvalue weighted by molar-refractivity contribution is -0.136. The minimum atomic E-state index is -0.841. The summed E-state index contributed by atoms with van der Waals surface area (Å²) < 4.78 is 7.40. The number of aromatic nitrogens is 2. The van der Waals surface area contributed by atoms with Crippen molar-refractivity contribution in [1.29, 1.82) is 0 Å². The van der Waals surface area contributed by atoms with Gasteiger partial charge in [0, 0.05) is 6.54 Å². The summed E-state index contributed by atoms with van der Waals surface area (Å²) in [6, 6.07) is 7.39. The van der Waals surface area contributed by atoms with Crippen molar-refractivity contribution in [2.75, 3.05) is 0 Å². The van der Waals surface area contributed by atoms with E-state index in [-0.39, 0.29) is 6.42 Å². The van der Waals surface area contributed by atoms with Gasteiger partial charge in [0.2, 0.25) is 0 Å². The lowest BCUT2D eigenvalue weighted by atomic mass is 10.1. The Morgan fingerprint density at radius 3 is 2.74 bits per heavy atom. The summed E-state index contributed by atoms with van der Waals surface area (Å²) >= 11 is 0. The van der Waals surface area contributed by atoms with Gasteiger partial charge in [-0.1, -0.05) is 24.3 Å². The number of carboxylic acid groups (broad SMARTS) is 1. The van der Waals surface area contributed by atoms with Crippen molar-refractivity contribution in [1.82, 2.24) is 9.78 Å². The number of ether oxygens (including phenoxy) is 1. The second-order valence-corrected chi connectivity index (χ2v) is 4.16. The first-order chi connectivity index (χ1) is 9.19. The van der Waals surface area contributed by atoms with E-state index in [2.05, 4.69) is 5.10 Å². The lowest BCUT2D eigenvalue weighted by Gasteiger charge is -2.08. The van der Waals surface area contributed by atoms with E-state index < -0.39 is 5.97 Å². The van der Waals surface area contributed by atoms with E-state index in [1.807, 2.05) is 37.4 Å². The Hall–Kier alpha value is -2.30. The molecule has 100 valence electrons. The summed E-state index contributed by atoms with van der Waals surface area (Å²) in [5.41, 5.74) is 1.66. The Morgan fingerprint density at radius 1 is 1.37 bits per heavy atom. The number of hydrogen-bond donors (Lipinski definition) is 1. The largest absolute Gasteiger partial charge is 0.486 e. The van der Waals surface area contributed by atoms with E-state index in [0.29, 0.717) is 12.4 Å². The van der Waals surface area contributed by atoms with Crippen LogP contribution in [0.4, 0.5) is 0 Å². The van der Waals surface area contributed by atoms with Crippen LogP contribution in [0.25, 0.3) is 0 Å². The topological polar surface area (TPSA) is 64.3 Å². The van der Waals surface area contributed by atoms with E-state index >= 15 is 0 Å². The normalized spacial score (nSPS) is 10.4. The van der Waals surface area contributed by atoms with Crippen molar-refractivity contribution in [3.05, 3.63) is 47.8 Å². The number of aliphatic carboxylic acids is 1. The van der Waals surface area contributed by atoms with Gasteiger partial charge in [-0.2, -0.15) is 5.10 Å². The van der Waals surface area contributed by atoms with Crippen molar-refractivity contribution in [2.45, 2.75) is 26.5 Å². The minimum Gasteiger partial charge on any atom is -0.486 e. The molecule has 1 heterocycles. The minimum absolute atomic E-state index is 0.00769. The molecule has 0 amide bonds. The fourth-order valence-corrected chi connectivity index (χ4v) is 1.79. The van der Waals surface area contributed by atoms with Gasteiger partial charge in [0.1, 0.15) is 6.61 Å². The predicted molar refractivity (Wildman–Crippen MR) is 70.0 cm³/mol. The van der Waals surface area contributed by atoms with Gasteiger partial charge >= 0.3 is 5.97 Å². The SMILES string of the molecule is CCn1cc(OCc2ccccc2CC(=O)O)cn1. The van der Waals surface area contributed by atoms with Gasteiger partial charge in [0.15, 0.2) is 5.75 Å². The van der Waals surface area contributed by atoms with E-state index in [0.717, 1.165) is 17.7 Å². The predicted octanol–water partition coefficient (Wildman–Crippen LogP) is 2.11. The summed E-state index contributed by atoms with van der Waals surface area (Å²) in [4.78, 5) is 10.8. The molecule has 1 aromatic carbocycles. The third-order valence-electron chi connectivity index (χ3n) is 2.79. The van der Waals surface area contributed by atoms with E-state index in [1.165, 1.54) is 0 Å². The van der Waals surface area contributed by atoms with Gasteiger partial charge in [-0.25, -0.2) is 0 Å². The highest BCUT2D eigenvalue weighted by Gasteiger charge is 2.07. The third-order valence-corrected chi connectivity index (χ3v) is 2.79. The maximum absolute atomic E-state index is 10.8. The fraction of sp³-hybridized carbons (Fsp3) is 0.286. The molecule has 19 heavy (non-hydrogen) atoms. The van der Waals surface area contributed by atoms with Crippen LogP contribution in [0.15, 0.2) is 36.7 Å². The molecule has 2 rings (SSSR count). The van der Waals surface area contributed by atoms with Gasteiger partial charge in [-0.3, -0.25) is 9.48 Å². The molecule has 0 bridgehead atoms. The Labute approximate surface area is 111 Å². The van der Waals surface area contributed by atoms with Crippen LogP contribution >= 0.6 is 0 Å². The number of benzene rings is 1. The molecule has 0 aliphatic carbocycles. The molecule has 0 atom stereocenters. The van der Waals surface area contributed by atoms with Crippen molar-refractivity contribution in [2.24, 2.45) is 0 Å². The highest BCUT2D eigenvalue weighted by atomic mass is 16.5. The molecule has 0 saturated heterocycles. The van der Waals surface area contributed by atoms with E-state index in [1.54, 1.807) is 10.9 Å². The molecule has 5 heteroatoms. The third kappa shape index (κ3) is 3.58. The molecule has 0 radical (unpaired) electrons. The standard InChI is InChI=1S/C14H16N2O3/c1-2-16-9-13(8-15-16)19-10-12-6-4-3-5-11(12)7-14(17)18/h3-6,8-9H,2,7,10H2,1H3,(H,17,18). The molecule has 0 aliphatic heterocycles. The van der Waals surface area contributed by atoms with Gasteiger partial charge < -0.3 is 9.84 Å². The maximum Gasteiger partial charge on any atom is 0.307 e.